The van der Waals surface area contributed by atoms with Gasteiger partial charge in [-0.25, -0.2) is 0 Å². The summed E-state index contributed by atoms with van der Waals surface area (Å²) < 4.78 is 10.2. The molecule has 0 atom stereocenters. The Morgan fingerprint density at radius 2 is 2.33 bits per heavy atom. The quantitative estimate of drug-likeness (QED) is 0.835. The Hall–Kier alpha value is -1.97. The minimum atomic E-state index is 0.234. The highest BCUT2D eigenvalue weighted by atomic mass is 16.5. The number of ether oxygens (including phenoxy) is 1. The number of hydrogen-bond donors (Lipinski definition) is 1. The third-order valence-electron chi connectivity index (χ3n) is 2.13. The highest BCUT2D eigenvalue weighted by Crippen LogP contribution is 2.26. The number of aromatic hydroxyl groups is 1. The predicted molar refractivity (Wildman–Crippen MR) is 53.7 cm³/mol. The lowest BCUT2D eigenvalue weighted by Crippen LogP contribution is -1.95. The lowest BCUT2D eigenvalue weighted by molar-refractivity contribution is 0.300. The monoisotopic (exact) mass is 205 g/mol. The average molecular weight is 205 g/mol. The van der Waals surface area contributed by atoms with Gasteiger partial charge in [-0.1, -0.05) is 11.2 Å². The summed E-state index contributed by atoms with van der Waals surface area (Å²) >= 11 is 0. The van der Waals surface area contributed by atoms with Crippen molar-refractivity contribution in [2.45, 2.75) is 13.5 Å². The summed E-state index contributed by atoms with van der Waals surface area (Å²) in [6.45, 7) is 2.19. The van der Waals surface area contributed by atoms with E-state index in [0.29, 0.717) is 12.4 Å². The van der Waals surface area contributed by atoms with Crippen molar-refractivity contribution in [2.24, 2.45) is 0 Å². The summed E-state index contributed by atoms with van der Waals surface area (Å²) in [6.07, 6.45) is 3.12. The zero-order valence-corrected chi connectivity index (χ0v) is 8.30. The second-order valence-electron chi connectivity index (χ2n) is 3.22. The molecule has 1 N–H and O–H groups in total. The van der Waals surface area contributed by atoms with Crippen LogP contribution in [0.15, 0.2) is 35.2 Å². The zero-order valence-electron chi connectivity index (χ0n) is 8.30. The Bertz CT molecular complexity index is 437. The molecule has 2 rings (SSSR count). The predicted octanol–water partition coefficient (Wildman–Crippen LogP) is 2.27. The summed E-state index contributed by atoms with van der Waals surface area (Å²) in [4.78, 5) is 0. The lowest BCUT2D eigenvalue weighted by atomic mass is 10.2. The molecule has 1 aromatic carbocycles. The maximum atomic E-state index is 9.45. The molecule has 15 heavy (non-hydrogen) atoms. The van der Waals surface area contributed by atoms with Crippen LogP contribution < -0.4 is 4.74 Å². The fourth-order valence-corrected chi connectivity index (χ4v) is 1.22. The van der Waals surface area contributed by atoms with Crippen LogP contribution in [-0.2, 0) is 6.61 Å². The fourth-order valence-electron chi connectivity index (χ4n) is 1.22. The van der Waals surface area contributed by atoms with Crippen LogP contribution in [0.1, 0.15) is 11.1 Å². The van der Waals surface area contributed by atoms with Gasteiger partial charge >= 0.3 is 0 Å². The largest absolute Gasteiger partial charge is 0.508 e. The molecule has 0 spiro atoms. The summed E-state index contributed by atoms with van der Waals surface area (Å²) in [5.74, 6) is 0.897. The first-order valence-electron chi connectivity index (χ1n) is 4.57. The molecule has 0 saturated carbocycles. The third kappa shape index (κ3) is 2.10. The smallest absolute Gasteiger partial charge is 0.130 e. The second kappa shape index (κ2) is 4.04. The van der Waals surface area contributed by atoms with Crippen LogP contribution in [0.3, 0.4) is 0 Å². The van der Waals surface area contributed by atoms with Gasteiger partial charge in [-0.3, -0.25) is 0 Å². The van der Waals surface area contributed by atoms with Gasteiger partial charge in [0.25, 0.3) is 0 Å². The van der Waals surface area contributed by atoms with E-state index in [1.165, 1.54) is 6.26 Å². The number of aromatic nitrogens is 1. The van der Waals surface area contributed by atoms with Gasteiger partial charge in [0.05, 0.1) is 6.20 Å². The van der Waals surface area contributed by atoms with Crippen LogP contribution in [0.25, 0.3) is 0 Å². The lowest BCUT2D eigenvalue weighted by Gasteiger charge is -2.08. The summed E-state index contributed by atoms with van der Waals surface area (Å²) in [6, 6.07) is 5.18. The van der Waals surface area contributed by atoms with Crippen molar-refractivity contribution in [1.82, 2.24) is 5.16 Å². The van der Waals surface area contributed by atoms with Crippen LogP contribution in [0.5, 0.6) is 11.5 Å². The van der Waals surface area contributed by atoms with E-state index in [1.807, 2.05) is 6.07 Å². The molecule has 78 valence electrons. The van der Waals surface area contributed by atoms with E-state index in [4.69, 9.17) is 4.74 Å². The molecular weight excluding hydrogens is 194 g/mol. The number of benzene rings is 1. The van der Waals surface area contributed by atoms with Crippen LogP contribution in [0, 0.1) is 6.92 Å². The third-order valence-corrected chi connectivity index (χ3v) is 2.13. The highest BCUT2D eigenvalue weighted by molar-refractivity contribution is 5.42. The molecule has 1 aromatic heterocycles. The van der Waals surface area contributed by atoms with Crippen LogP contribution >= 0.6 is 0 Å². The zero-order chi connectivity index (χ0) is 10.7. The average Bonchev–Trinajstić information content (AvgIpc) is 2.73. The van der Waals surface area contributed by atoms with Gasteiger partial charge in [0.2, 0.25) is 0 Å². The molecule has 0 aliphatic heterocycles. The first-order valence-corrected chi connectivity index (χ1v) is 4.57. The Morgan fingerprint density at radius 3 is 3.07 bits per heavy atom. The Morgan fingerprint density at radius 1 is 1.47 bits per heavy atom. The van der Waals surface area contributed by atoms with Crippen molar-refractivity contribution in [3.63, 3.8) is 0 Å². The number of hydrogen-bond acceptors (Lipinski definition) is 4. The molecule has 2 aromatic rings. The van der Waals surface area contributed by atoms with E-state index in [-0.39, 0.29) is 5.75 Å². The minimum absolute atomic E-state index is 0.234. The highest BCUT2D eigenvalue weighted by Gasteiger charge is 2.04. The van der Waals surface area contributed by atoms with Crippen LogP contribution in [0.2, 0.25) is 0 Å². The van der Waals surface area contributed by atoms with Crippen molar-refractivity contribution < 1.29 is 14.4 Å². The summed E-state index contributed by atoms with van der Waals surface area (Å²) in [5, 5.41) is 13.0. The Labute approximate surface area is 87.1 Å². The van der Waals surface area contributed by atoms with E-state index >= 15 is 0 Å². The molecule has 0 bridgehead atoms. The minimum Gasteiger partial charge on any atom is -0.508 e. The van der Waals surface area contributed by atoms with Crippen LogP contribution in [-0.4, -0.2) is 10.3 Å². The van der Waals surface area contributed by atoms with E-state index in [0.717, 1.165) is 11.1 Å². The van der Waals surface area contributed by atoms with Crippen molar-refractivity contribution in [2.75, 3.05) is 0 Å². The molecule has 0 amide bonds. The Balaban J connectivity index is 2.08. The maximum Gasteiger partial charge on any atom is 0.130 e. The molecule has 0 radical (unpaired) electrons. The number of phenols is 1. The summed E-state index contributed by atoms with van der Waals surface area (Å²) in [5.41, 5.74) is 1.59. The van der Waals surface area contributed by atoms with Gasteiger partial charge in [0.1, 0.15) is 24.4 Å². The van der Waals surface area contributed by atoms with E-state index in [1.54, 1.807) is 25.3 Å². The normalized spacial score (nSPS) is 10.2. The second-order valence-corrected chi connectivity index (χ2v) is 3.22. The van der Waals surface area contributed by atoms with Crippen LogP contribution in [0.4, 0.5) is 0 Å². The number of phenolic OH excluding ortho intramolecular Hbond substituents is 1. The molecule has 0 fully saturated rings. The molecule has 4 nitrogen and oxygen atoms in total. The van der Waals surface area contributed by atoms with Crippen molar-refractivity contribution in [1.29, 1.82) is 0 Å². The first-order chi connectivity index (χ1) is 7.27. The van der Waals surface area contributed by atoms with E-state index in [2.05, 4.69) is 9.68 Å². The molecule has 0 saturated heterocycles. The van der Waals surface area contributed by atoms with Gasteiger partial charge < -0.3 is 14.4 Å². The molecule has 4 heteroatoms. The van der Waals surface area contributed by atoms with Crippen molar-refractivity contribution in [3.05, 3.63) is 41.8 Å². The van der Waals surface area contributed by atoms with Crippen molar-refractivity contribution in [3.8, 4) is 11.5 Å². The standard InChI is InChI=1S/C11H11NO3/c1-8-10(13)3-2-4-11(8)14-6-9-5-12-15-7-9/h2-5,7,13H,6H2,1H3. The fraction of sp³-hybridized carbons (Fsp3) is 0.182. The van der Waals surface area contributed by atoms with E-state index < -0.39 is 0 Å². The molecule has 0 unspecified atom stereocenters. The van der Waals surface area contributed by atoms with E-state index in [9.17, 15) is 5.11 Å². The van der Waals surface area contributed by atoms with Gasteiger partial charge in [-0.2, -0.15) is 0 Å². The molecule has 0 aliphatic rings. The number of rotatable bonds is 3. The van der Waals surface area contributed by atoms with Crippen molar-refractivity contribution >= 4 is 0 Å². The topological polar surface area (TPSA) is 55.5 Å². The molecule has 1 heterocycles. The van der Waals surface area contributed by atoms with Gasteiger partial charge in [0, 0.05) is 11.1 Å². The molecule has 0 aliphatic carbocycles. The first kappa shape index (κ1) is 9.58. The van der Waals surface area contributed by atoms with Gasteiger partial charge in [-0.05, 0) is 19.1 Å². The van der Waals surface area contributed by atoms with Gasteiger partial charge in [0.15, 0.2) is 0 Å². The van der Waals surface area contributed by atoms with Gasteiger partial charge in [-0.15, -0.1) is 0 Å². The summed E-state index contributed by atoms with van der Waals surface area (Å²) in [7, 11) is 0. The SMILES string of the molecule is Cc1c(O)cccc1OCc1cnoc1. The number of nitrogens with zero attached hydrogens (tertiary/aromatic N) is 1. The Kier molecular flexibility index (Phi) is 2.58. The maximum absolute atomic E-state index is 9.45. The molecular formula is C11H11NO3.